The Kier molecular flexibility index (Phi) is 11.7. The monoisotopic (exact) mass is 295 g/mol. The van der Waals surface area contributed by atoms with E-state index >= 15 is 0 Å². The van der Waals surface area contributed by atoms with Gasteiger partial charge in [-0.1, -0.05) is 34.1 Å². The average Bonchev–Trinajstić information content (AvgIpc) is 2.53. The molecule has 3 heteroatoms. The summed E-state index contributed by atoms with van der Waals surface area (Å²) in [6.45, 7) is 14.4. The molecule has 0 bridgehead atoms. The molecule has 0 rings (SSSR count). The van der Waals surface area contributed by atoms with E-state index in [4.69, 9.17) is 0 Å². The summed E-state index contributed by atoms with van der Waals surface area (Å²) in [6.07, 6.45) is 7.76. The van der Waals surface area contributed by atoms with Crippen LogP contribution in [-0.4, -0.2) is 36.1 Å². The SMILES string of the molecule is CCCCN(CCCC(C#N)(CC)NCCC)C(C)CC. The van der Waals surface area contributed by atoms with E-state index in [1.165, 1.54) is 25.8 Å². The van der Waals surface area contributed by atoms with Gasteiger partial charge in [-0.05, 0) is 65.1 Å². The normalized spacial score (nSPS) is 15.7. The van der Waals surface area contributed by atoms with E-state index in [2.05, 4.69) is 50.9 Å². The van der Waals surface area contributed by atoms with Crippen LogP contribution in [0.3, 0.4) is 0 Å². The molecule has 0 aliphatic rings. The molecule has 3 nitrogen and oxygen atoms in total. The van der Waals surface area contributed by atoms with Gasteiger partial charge in [0.15, 0.2) is 0 Å². The van der Waals surface area contributed by atoms with Crippen molar-refractivity contribution >= 4 is 0 Å². The second kappa shape index (κ2) is 12.0. The molecule has 2 unspecified atom stereocenters. The largest absolute Gasteiger partial charge is 0.301 e. The van der Waals surface area contributed by atoms with Gasteiger partial charge < -0.3 is 4.90 Å². The van der Waals surface area contributed by atoms with E-state index in [0.29, 0.717) is 6.04 Å². The minimum absolute atomic E-state index is 0.318. The molecule has 0 saturated heterocycles. The zero-order valence-electron chi connectivity index (χ0n) is 15.0. The van der Waals surface area contributed by atoms with Gasteiger partial charge in [0.25, 0.3) is 0 Å². The fourth-order valence-corrected chi connectivity index (χ4v) is 2.68. The molecular formula is C18H37N3. The predicted octanol–water partition coefficient (Wildman–Crippen LogP) is 4.34. The quantitative estimate of drug-likeness (QED) is 0.549. The molecule has 0 aromatic heterocycles. The van der Waals surface area contributed by atoms with Crippen LogP contribution in [0.1, 0.15) is 79.6 Å². The topological polar surface area (TPSA) is 39.1 Å². The Morgan fingerprint density at radius 2 is 1.76 bits per heavy atom. The van der Waals surface area contributed by atoms with Gasteiger partial charge in [0.2, 0.25) is 0 Å². The van der Waals surface area contributed by atoms with E-state index in [-0.39, 0.29) is 5.54 Å². The Balaban J connectivity index is 4.39. The van der Waals surface area contributed by atoms with Crippen LogP contribution in [0.15, 0.2) is 0 Å². The first-order valence-corrected chi connectivity index (χ1v) is 8.99. The van der Waals surface area contributed by atoms with Crippen LogP contribution in [0, 0.1) is 11.3 Å². The first-order chi connectivity index (χ1) is 10.1. The molecule has 0 fully saturated rings. The van der Waals surface area contributed by atoms with Gasteiger partial charge in [-0.3, -0.25) is 5.32 Å². The molecule has 0 radical (unpaired) electrons. The van der Waals surface area contributed by atoms with Crippen molar-refractivity contribution in [1.29, 1.82) is 5.26 Å². The lowest BCUT2D eigenvalue weighted by Gasteiger charge is -2.31. The van der Waals surface area contributed by atoms with Gasteiger partial charge in [-0.15, -0.1) is 0 Å². The van der Waals surface area contributed by atoms with Crippen LogP contribution in [0.2, 0.25) is 0 Å². The summed E-state index contributed by atoms with van der Waals surface area (Å²) in [4.78, 5) is 2.60. The highest BCUT2D eigenvalue weighted by Gasteiger charge is 2.26. The highest BCUT2D eigenvalue weighted by molar-refractivity contribution is 5.06. The molecule has 0 aromatic rings. The molecule has 1 N–H and O–H groups in total. The maximum atomic E-state index is 9.54. The van der Waals surface area contributed by atoms with E-state index in [1.807, 2.05) is 0 Å². The van der Waals surface area contributed by atoms with E-state index < -0.39 is 0 Å². The summed E-state index contributed by atoms with van der Waals surface area (Å²) < 4.78 is 0. The number of rotatable bonds is 13. The first kappa shape index (κ1) is 20.4. The number of nitrogens with one attached hydrogen (secondary N) is 1. The van der Waals surface area contributed by atoms with Gasteiger partial charge in [-0.2, -0.15) is 5.26 Å². The van der Waals surface area contributed by atoms with Gasteiger partial charge in [0.05, 0.1) is 6.07 Å². The molecule has 2 atom stereocenters. The third kappa shape index (κ3) is 7.83. The number of unbranched alkanes of at least 4 members (excludes halogenated alkanes) is 1. The molecule has 0 amide bonds. The van der Waals surface area contributed by atoms with Gasteiger partial charge in [0.1, 0.15) is 5.54 Å². The lowest BCUT2D eigenvalue weighted by atomic mass is 9.91. The Bertz CT molecular complexity index is 285. The van der Waals surface area contributed by atoms with Crippen molar-refractivity contribution in [2.45, 2.75) is 91.1 Å². The molecule has 124 valence electrons. The summed E-state index contributed by atoms with van der Waals surface area (Å²) >= 11 is 0. The third-order valence-electron chi connectivity index (χ3n) is 4.59. The van der Waals surface area contributed by atoms with E-state index in [0.717, 1.165) is 38.8 Å². The summed E-state index contributed by atoms with van der Waals surface area (Å²) in [5.41, 5.74) is -0.318. The fourth-order valence-electron chi connectivity index (χ4n) is 2.68. The molecule has 0 spiro atoms. The van der Waals surface area contributed by atoms with Gasteiger partial charge in [-0.25, -0.2) is 0 Å². The standard InChI is InChI=1S/C18H37N3/c1-6-10-14-21(17(5)8-3)15-11-12-18(9-4,16-19)20-13-7-2/h17,20H,6-15H2,1-5H3. The number of hydrogen-bond acceptors (Lipinski definition) is 3. The van der Waals surface area contributed by atoms with Crippen LogP contribution in [-0.2, 0) is 0 Å². The second-order valence-electron chi connectivity index (χ2n) is 6.22. The molecule has 0 aromatic carbocycles. The summed E-state index contributed by atoms with van der Waals surface area (Å²) in [6, 6.07) is 3.18. The minimum Gasteiger partial charge on any atom is -0.301 e. The Hall–Kier alpha value is -0.590. The number of nitrogens with zero attached hydrogens (tertiary/aromatic N) is 2. The van der Waals surface area contributed by atoms with Crippen molar-refractivity contribution in [2.75, 3.05) is 19.6 Å². The lowest BCUT2D eigenvalue weighted by molar-refractivity contribution is 0.190. The highest BCUT2D eigenvalue weighted by atomic mass is 15.1. The first-order valence-electron chi connectivity index (χ1n) is 8.99. The molecular weight excluding hydrogens is 258 g/mol. The van der Waals surface area contributed by atoms with Gasteiger partial charge >= 0.3 is 0 Å². The number of hydrogen-bond donors (Lipinski definition) is 1. The molecule has 21 heavy (non-hydrogen) atoms. The summed E-state index contributed by atoms with van der Waals surface area (Å²) in [7, 11) is 0. The van der Waals surface area contributed by atoms with Crippen molar-refractivity contribution in [1.82, 2.24) is 10.2 Å². The molecule has 0 aliphatic carbocycles. The molecule has 0 saturated carbocycles. The average molecular weight is 296 g/mol. The second-order valence-corrected chi connectivity index (χ2v) is 6.22. The Morgan fingerprint density at radius 3 is 2.24 bits per heavy atom. The maximum Gasteiger partial charge on any atom is 0.106 e. The lowest BCUT2D eigenvalue weighted by Crippen LogP contribution is -2.44. The van der Waals surface area contributed by atoms with Gasteiger partial charge in [0, 0.05) is 6.04 Å². The zero-order chi connectivity index (χ0) is 16.1. The van der Waals surface area contributed by atoms with E-state index in [1.54, 1.807) is 0 Å². The zero-order valence-corrected chi connectivity index (χ0v) is 15.0. The minimum atomic E-state index is -0.318. The fraction of sp³-hybridized carbons (Fsp3) is 0.944. The smallest absolute Gasteiger partial charge is 0.106 e. The summed E-state index contributed by atoms with van der Waals surface area (Å²) in [5.74, 6) is 0. The highest BCUT2D eigenvalue weighted by Crippen LogP contribution is 2.18. The van der Waals surface area contributed by atoms with Crippen LogP contribution < -0.4 is 5.32 Å². The van der Waals surface area contributed by atoms with Crippen molar-refractivity contribution in [3.05, 3.63) is 0 Å². The molecule has 0 heterocycles. The van der Waals surface area contributed by atoms with Crippen LogP contribution >= 0.6 is 0 Å². The van der Waals surface area contributed by atoms with Crippen molar-refractivity contribution in [2.24, 2.45) is 0 Å². The molecule has 0 aliphatic heterocycles. The number of nitriles is 1. The van der Waals surface area contributed by atoms with Crippen molar-refractivity contribution < 1.29 is 0 Å². The van der Waals surface area contributed by atoms with Crippen molar-refractivity contribution in [3.8, 4) is 6.07 Å². The predicted molar refractivity (Wildman–Crippen MR) is 92.4 cm³/mol. The van der Waals surface area contributed by atoms with E-state index in [9.17, 15) is 5.26 Å². The summed E-state index contributed by atoms with van der Waals surface area (Å²) in [5, 5.41) is 13.0. The third-order valence-corrected chi connectivity index (χ3v) is 4.59. The van der Waals surface area contributed by atoms with Crippen molar-refractivity contribution in [3.63, 3.8) is 0 Å². The van der Waals surface area contributed by atoms with Crippen LogP contribution in [0.25, 0.3) is 0 Å². The Labute approximate surface area is 133 Å². The maximum absolute atomic E-state index is 9.54. The van der Waals surface area contributed by atoms with Crippen LogP contribution in [0.5, 0.6) is 0 Å². The Morgan fingerprint density at radius 1 is 1.10 bits per heavy atom. The van der Waals surface area contributed by atoms with Crippen LogP contribution in [0.4, 0.5) is 0 Å².